The van der Waals surface area contributed by atoms with Crippen LogP contribution in [-0.4, -0.2) is 35.5 Å². The molecule has 0 radical (unpaired) electrons. The molecule has 2 aliphatic heterocycles. The largest absolute Gasteiger partial charge is 0.385 e. The van der Waals surface area contributed by atoms with Crippen molar-refractivity contribution in [3.63, 3.8) is 0 Å². The number of benzene rings is 3. The molecule has 0 unspecified atom stereocenters. The third-order valence-corrected chi connectivity index (χ3v) is 7.04. The van der Waals surface area contributed by atoms with E-state index in [9.17, 15) is 9.90 Å². The van der Waals surface area contributed by atoms with Crippen LogP contribution in [0.4, 0.5) is 5.69 Å². The Balaban J connectivity index is 0.00000274. The minimum Gasteiger partial charge on any atom is -0.385 e. The molecule has 176 valence electrons. The normalized spacial score (nSPS) is 18.3. The van der Waals surface area contributed by atoms with Gasteiger partial charge in [0.2, 0.25) is 0 Å². The van der Waals surface area contributed by atoms with Gasteiger partial charge in [0.05, 0.1) is 5.60 Å². The van der Waals surface area contributed by atoms with Crippen LogP contribution in [-0.2, 0) is 5.60 Å². The van der Waals surface area contributed by atoms with Gasteiger partial charge >= 0.3 is 0 Å². The van der Waals surface area contributed by atoms with Crippen molar-refractivity contribution in [1.29, 1.82) is 0 Å². The van der Waals surface area contributed by atoms with E-state index in [1.54, 1.807) is 0 Å². The van der Waals surface area contributed by atoms with Gasteiger partial charge in [0.1, 0.15) is 0 Å². The lowest BCUT2D eigenvalue weighted by atomic mass is 9.84. The lowest BCUT2D eigenvalue weighted by Crippen LogP contribution is -2.42. The molecule has 2 heterocycles. The Morgan fingerprint density at radius 1 is 0.912 bits per heavy atom. The van der Waals surface area contributed by atoms with Gasteiger partial charge in [-0.2, -0.15) is 0 Å². The number of halogens is 2. The summed E-state index contributed by atoms with van der Waals surface area (Å²) in [6.07, 6.45) is 4.52. The van der Waals surface area contributed by atoms with E-state index in [1.807, 2.05) is 66.7 Å². The average molecular weight is 495 g/mol. The Hall–Kier alpha value is -2.63. The molecule has 1 fully saturated rings. The molecule has 34 heavy (non-hydrogen) atoms. The Morgan fingerprint density at radius 2 is 1.53 bits per heavy atom. The number of likely N-dealkylation sites (tertiary alicyclic amines) is 1. The Labute approximate surface area is 211 Å². The quantitative estimate of drug-likeness (QED) is 0.458. The number of hydrogen-bond donors (Lipinski definition) is 2. The smallest absolute Gasteiger partial charge is 0.256 e. The van der Waals surface area contributed by atoms with E-state index < -0.39 is 5.60 Å². The van der Waals surface area contributed by atoms with Crippen LogP contribution in [0.25, 0.3) is 5.57 Å². The lowest BCUT2D eigenvalue weighted by Gasteiger charge is -2.38. The summed E-state index contributed by atoms with van der Waals surface area (Å²) in [6.45, 7) is 2.59. The van der Waals surface area contributed by atoms with Gasteiger partial charge in [0.25, 0.3) is 5.91 Å². The van der Waals surface area contributed by atoms with E-state index in [-0.39, 0.29) is 18.3 Å². The zero-order chi connectivity index (χ0) is 22.8. The maximum absolute atomic E-state index is 12.8. The molecule has 0 saturated carbocycles. The minimum atomic E-state index is -0.787. The predicted molar refractivity (Wildman–Crippen MR) is 141 cm³/mol. The van der Waals surface area contributed by atoms with Crippen LogP contribution < -0.4 is 5.32 Å². The highest BCUT2D eigenvalue weighted by molar-refractivity contribution is 6.30. The van der Waals surface area contributed by atoms with Crippen molar-refractivity contribution in [2.24, 2.45) is 0 Å². The third-order valence-electron chi connectivity index (χ3n) is 6.79. The monoisotopic (exact) mass is 494 g/mol. The number of anilines is 1. The number of nitrogens with one attached hydrogen (secondary N) is 1. The molecule has 3 aromatic carbocycles. The van der Waals surface area contributed by atoms with E-state index >= 15 is 0 Å². The summed E-state index contributed by atoms with van der Waals surface area (Å²) in [4.78, 5) is 15.2. The third kappa shape index (κ3) is 4.91. The van der Waals surface area contributed by atoms with Crippen LogP contribution in [0.3, 0.4) is 0 Å². The van der Waals surface area contributed by atoms with Crippen LogP contribution in [0.5, 0.6) is 0 Å². The summed E-state index contributed by atoms with van der Waals surface area (Å²) in [7, 11) is 0. The van der Waals surface area contributed by atoms with Gasteiger partial charge in [-0.1, -0.05) is 66.2 Å². The number of piperidine rings is 1. The van der Waals surface area contributed by atoms with Crippen molar-refractivity contribution in [2.45, 2.75) is 24.9 Å². The number of amides is 1. The molecule has 1 saturated heterocycles. The summed E-state index contributed by atoms with van der Waals surface area (Å²) in [5.41, 5.74) is 4.81. The minimum absolute atomic E-state index is 0. The fraction of sp³-hybridized carbons (Fsp3) is 0.250. The maximum atomic E-state index is 12.8. The first-order valence-electron chi connectivity index (χ1n) is 11.4. The zero-order valence-electron chi connectivity index (χ0n) is 18.8. The van der Waals surface area contributed by atoms with E-state index in [0.717, 1.165) is 54.0 Å². The summed E-state index contributed by atoms with van der Waals surface area (Å²) < 4.78 is 0. The number of hydrogen-bond acceptors (Lipinski definition) is 3. The molecular formula is C28H28Cl2N2O2. The molecule has 2 aliphatic rings. The van der Waals surface area contributed by atoms with Crippen LogP contribution in [0.15, 0.2) is 78.9 Å². The van der Waals surface area contributed by atoms with Crippen molar-refractivity contribution in [2.75, 3.05) is 25.0 Å². The number of para-hydroxylation sites is 1. The van der Waals surface area contributed by atoms with Crippen molar-refractivity contribution < 1.29 is 9.90 Å². The Morgan fingerprint density at radius 3 is 2.24 bits per heavy atom. The maximum Gasteiger partial charge on any atom is 0.256 e. The standard InChI is InChI=1S/C28H27ClN2O2.ClH/c29-21-13-11-20(12-14-21)28(33)15-18-31(19-16-28)17-5-9-22-23-6-1-2-8-25(23)27(32)30-26-10-4-3-7-24(22)26;/h1-4,6-14,33H,5,15-19H2,(H,30,32);1H/b22-9-;. The predicted octanol–water partition coefficient (Wildman–Crippen LogP) is 6.13. The first-order chi connectivity index (χ1) is 16.0. The first kappa shape index (κ1) is 24.5. The molecule has 3 aromatic rings. The van der Waals surface area contributed by atoms with E-state index in [0.29, 0.717) is 23.4 Å². The SMILES string of the molecule is Cl.O=C1Nc2ccccc2/C(=C\CCN2CCC(O)(c3ccc(Cl)cc3)CC2)c2ccccc21. The molecule has 2 N–H and O–H groups in total. The topological polar surface area (TPSA) is 52.6 Å². The first-order valence-corrected chi connectivity index (χ1v) is 11.8. The number of rotatable bonds is 4. The summed E-state index contributed by atoms with van der Waals surface area (Å²) in [5.74, 6) is -0.0704. The van der Waals surface area contributed by atoms with Crippen molar-refractivity contribution in [3.05, 3.63) is 106 Å². The highest BCUT2D eigenvalue weighted by Gasteiger charge is 2.33. The molecule has 0 spiro atoms. The molecule has 0 bridgehead atoms. The van der Waals surface area contributed by atoms with Gasteiger partial charge in [-0.25, -0.2) is 0 Å². The molecule has 0 aliphatic carbocycles. The van der Waals surface area contributed by atoms with Gasteiger partial charge in [0, 0.05) is 41.5 Å². The van der Waals surface area contributed by atoms with Gasteiger partial charge in [-0.3, -0.25) is 4.79 Å². The van der Waals surface area contributed by atoms with Crippen molar-refractivity contribution >= 4 is 41.2 Å². The fourth-order valence-electron chi connectivity index (χ4n) is 4.88. The van der Waals surface area contributed by atoms with Gasteiger partial charge < -0.3 is 15.3 Å². The van der Waals surface area contributed by atoms with Crippen LogP contribution in [0, 0.1) is 0 Å². The van der Waals surface area contributed by atoms with E-state index in [4.69, 9.17) is 11.6 Å². The lowest BCUT2D eigenvalue weighted by molar-refractivity contribution is -0.0254. The second-order valence-corrected chi connectivity index (χ2v) is 9.27. The second kappa shape index (κ2) is 10.3. The van der Waals surface area contributed by atoms with Gasteiger partial charge in [0.15, 0.2) is 0 Å². The van der Waals surface area contributed by atoms with Crippen LogP contribution >= 0.6 is 24.0 Å². The highest BCUT2D eigenvalue weighted by Crippen LogP contribution is 2.36. The van der Waals surface area contributed by atoms with Gasteiger partial charge in [-0.05, 0) is 60.2 Å². The highest BCUT2D eigenvalue weighted by atomic mass is 35.5. The van der Waals surface area contributed by atoms with Crippen molar-refractivity contribution in [3.8, 4) is 0 Å². The van der Waals surface area contributed by atoms with Crippen molar-refractivity contribution in [1.82, 2.24) is 4.90 Å². The summed E-state index contributed by atoms with van der Waals surface area (Å²) in [5, 5.41) is 14.9. The fourth-order valence-corrected chi connectivity index (χ4v) is 5.01. The number of carbonyl (C=O) groups excluding carboxylic acids is 1. The van der Waals surface area contributed by atoms with Gasteiger partial charge in [-0.15, -0.1) is 12.4 Å². The molecule has 1 amide bonds. The second-order valence-electron chi connectivity index (χ2n) is 8.83. The number of carbonyl (C=O) groups is 1. The number of nitrogens with zero attached hydrogens (tertiary/aromatic N) is 1. The zero-order valence-corrected chi connectivity index (χ0v) is 20.4. The number of aliphatic hydroxyl groups is 1. The van der Waals surface area contributed by atoms with Crippen LogP contribution in [0.1, 0.15) is 46.3 Å². The molecular weight excluding hydrogens is 467 g/mol. The molecule has 5 rings (SSSR count). The number of fused-ring (bicyclic) bond motifs is 2. The summed E-state index contributed by atoms with van der Waals surface area (Å²) >= 11 is 6.00. The molecule has 4 nitrogen and oxygen atoms in total. The molecule has 6 heteroatoms. The van der Waals surface area contributed by atoms with Crippen LogP contribution in [0.2, 0.25) is 5.02 Å². The Kier molecular flexibility index (Phi) is 7.44. The molecule has 0 atom stereocenters. The average Bonchev–Trinajstić information content (AvgIpc) is 2.95. The molecule has 0 aromatic heterocycles. The summed E-state index contributed by atoms with van der Waals surface area (Å²) in [6, 6.07) is 23.3. The Bertz CT molecular complexity index is 1200. The van der Waals surface area contributed by atoms with E-state index in [2.05, 4.69) is 22.4 Å². The van der Waals surface area contributed by atoms with E-state index in [1.165, 1.54) is 0 Å².